The van der Waals surface area contributed by atoms with Crippen LogP contribution in [0.1, 0.15) is 17.0 Å². The SMILES string of the molecule is Clc1cncc(NCC(c2ccccc2)c2c[nH]c3ccccc23)n1. The summed E-state index contributed by atoms with van der Waals surface area (Å²) >= 11 is 5.94. The van der Waals surface area contributed by atoms with E-state index in [0.717, 1.165) is 5.52 Å². The fraction of sp³-hybridized carbons (Fsp3) is 0.100. The topological polar surface area (TPSA) is 53.6 Å². The van der Waals surface area contributed by atoms with Crippen LogP contribution in [-0.4, -0.2) is 21.5 Å². The van der Waals surface area contributed by atoms with E-state index in [2.05, 4.69) is 68.9 Å². The Hall–Kier alpha value is -2.85. The number of fused-ring (bicyclic) bond motifs is 1. The summed E-state index contributed by atoms with van der Waals surface area (Å²) in [4.78, 5) is 11.7. The normalized spacial score (nSPS) is 12.2. The predicted octanol–water partition coefficient (Wildman–Crippen LogP) is 4.86. The highest BCUT2D eigenvalue weighted by atomic mass is 35.5. The van der Waals surface area contributed by atoms with Crippen LogP contribution in [0.15, 0.2) is 73.2 Å². The van der Waals surface area contributed by atoms with Crippen molar-refractivity contribution >= 4 is 28.3 Å². The molecule has 2 aromatic carbocycles. The highest BCUT2D eigenvalue weighted by molar-refractivity contribution is 6.29. The maximum Gasteiger partial charge on any atom is 0.149 e. The number of aromatic nitrogens is 3. The zero-order chi connectivity index (χ0) is 17.1. The van der Waals surface area contributed by atoms with E-state index in [1.165, 1.54) is 22.7 Å². The van der Waals surface area contributed by atoms with E-state index in [-0.39, 0.29) is 5.92 Å². The minimum absolute atomic E-state index is 0.179. The van der Waals surface area contributed by atoms with Gasteiger partial charge < -0.3 is 10.3 Å². The standard InChI is InChI=1S/C20H17ClN4/c21-19-12-22-13-20(25-19)24-10-16(14-6-2-1-3-7-14)17-11-23-18-9-5-4-8-15(17)18/h1-9,11-13,16,23H,10H2,(H,24,25). The fourth-order valence-electron chi connectivity index (χ4n) is 3.11. The van der Waals surface area contributed by atoms with Gasteiger partial charge in [0.15, 0.2) is 0 Å². The number of nitrogens with zero attached hydrogens (tertiary/aromatic N) is 2. The highest BCUT2D eigenvalue weighted by Crippen LogP contribution is 2.31. The first-order valence-corrected chi connectivity index (χ1v) is 8.51. The Morgan fingerprint density at radius 3 is 2.64 bits per heavy atom. The van der Waals surface area contributed by atoms with E-state index in [9.17, 15) is 0 Å². The molecule has 0 spiro atoms. The Morgan fingerprint density at radius 2 is 1.80 bits per heavy atom. The number of benzene rings is 2. The number of aromatic amines is 1. The lowest BCUT2D eigenvalue weighted by Gasteiger charge is -2.18. The van der Waals surface area contributed by atoms with Crippen LogP contribution in [0, 0.1) is 0 Å². The molecular formula is C20H17ClN4. The zero-order valence-electron chi connectivity index (χ0n) is 13.5. The third-order valence-electron chi connectivity index (χ3n) is 4.29. The monoisotopic (exact) mass is 348 g/mol. The average Bonchev–Trinajstić information content (AvgIpc) is 3.07. The molecule has 4 nitrogen and oxygen atoms in total. The highest BCUT2D eigenvalue weighted by Gasteiger charge is 2.18. The van der Waals surface area contributed by atoms with Gasteiger partial charge in [-0.3, -0.25) is 4.98 Å². The Morgan fingerprint density at radius 1 is 1.00 bits per heavy atom. The van der Waals surface area contributed by atoms with Crippen molar-refractivity contribution in [1.29, 1.82) is 0 Å². The molecule has 0 radical (unpaired) electrons. The van der Waals surface area contributed by atoms with Crippen LogP contribution in [0.3, 0.4) is 0 Å². The summed E-state index contributed by atoms with van der Waals surface area (Å²) in [5, 5.41) is 4.98. The number of anilines is 1. The number of hydrogen-bond acceptors (Lipinski definition) is 3. The van der Waals surface area contributed by atoms with Crippen LogP contribution in [0.4, 0.5) is 5.82 Å². The molecule has 25 heavy (non-hydrogen) atoms. The summed E-state index contributed by atoms with van der Waals surface area (Å²) in [6.45, 7) is 0.695. The van der Waals surface area contributed by atoms with E-state index >= 15 is 0 Å². The Balaban J connectivity index is 1.70. The van der Waals surface area contributed by atoms with Gasteiger partial charge in [0.25, 0.3) is 0 Å². The van der Waals surface area contributed by atoms with E-state index in [1.807, 2.05) is 12.1 Å². The summed E-state index contributed by atoms with van der Waals surface area (Å²) in [7, 11) is 0. The molecule has 2 aromatic heterocycles. The zero-order valence-corrected chi connectivity index (χ0v) is 14.2. The van der Waals surface area contributed by atoms with Gasteiger partial charge in [-0.05, 0) is 17.2 Å². The molecule has 4 aromatic rings. The molecule has 1 atom stereocenters. The molecule has 2 N–H and O–H groups in total. The van der Waals surface area contributed by atoms with Crippen LogP contribution < -0.4 is 5.32 Å². The van der Waals surface area contributed by atoms with Crippen molar-refractivity contribution in [2.45, 2.75) is 5.92 Å². The van der Waals surface area contributed by atoms with Gasteiger partial charge in [0.05, 0.1) is 12.4 Å². The molecule has 0 bridgehead atoms. The molecule has 0 aliphatic rings. The molecular weight excluding hydrogens is 332 g/mol. The molecule has 0 amide bonds. The van der Waals surface area contributed by atoms with Crippen LogP contribution >= 0.6 is 11.6 Å². The van der Waals surface area contributed by atoms with Gasteiger partial charge in [0.1, 0.15) is 11.0 Å². The average molecular weight is 349 g/mol. The first-order valence-electron chi connectivity index (χ1n) is 8.13. The minimum Gasteiger partial charge on any atom is -0.368 e. The Labute approximate surface area is 150 Å². The smallest absolute Gasteiger partial charge is 0.149 e. The number of nitrogens with one attached hydrogen (secondary N) is 2. The lowest BCUT2D eigenvalue weighted by atomic mass is 9.91. The van der Waals surface area contributed by atoms with Crippen molar-refractivity contribution in [2.75, 3.05) is 11.9 Å². The van der Waals surface area contributed by atoms with Crippen molar-refractivity contribution in [3.8, 4) is 0 Å². The third kappa shape index (κ3) is 3.35. The second-order valence-corrected chi connectivity index (χ2v) is 6.25. The minimum atomic E-state index is 0.179. The molecule has 0 fully saturated rings. The van der Waals surface area contributed by atoms with E-state index < -0.39 is 0 Å². The predicted molar refractivity (Wildman–Crippen MR) is 102 cm³/mol. The molecule has 0 saturated carbocycles. The lowest BCUT2D eigenvalue weighted by Crippen LogP contribution is -2.14. The summed E-state index contributed by atoms with van der Waals surface area (Å²) < 4.78 is 0. The van der Waals surface area contributed by atoms with Gasteiger partial charge >= 0.3 is 0 Å². The summed E-state index contributed by atoms with van der Waals surface area (Å²) in [6.07, 6.45) is 5.30. The van der Waals surface area contributed by atoms with Crippen LogP contribution in [0.25, 0.3) is 10.9 Å². The number of hydrogen-bond donors (Lipinski definition) is 2. The number of rotatable bonds is 5. The first kappa shape index (κ1) is 15.7. The van der Waals surface area contributed by atoms with Gasteiger partial charge in [-0.2, -0.15) is 0 Å². The van der Waals surface area contributed by atoms with Crippen LogP contribution in [-0.2, 0) is 0 Å². The molecule has 0 aliphatic heterocycles. The molecule has 2 heterocycles. The van der Waals surface area contributed by atoms with Crippen LogP contribution in [0.2, 0.25) is 5.15 Å². The van der Waals surface area contributed by atoms with Crippen molar-refractivity contribution in [1.82, 2.24) is 15.0 Å². The largest absolute Gasteiger partial charge is 0.368 e. The van der Waals surface area contributed by atoms with E-state index in [1.54, 1.807) is 6.20 Å². The molecule has 5 heteroatoms. The summed E-state index contributed by atoms with van der Waals surface area (Å²) in [6, 6.07) is 18.8. The van der Waals surface area contributed by atoms with Crippen molar-refractivity contribution < 1.29 is 0 Å². The molecule has 0 aliphatic carbocycles. The lowest BCUT2D eigenvalue weighted by molar-refractivity contribution is 0.854. The number of para-hydroxylation sites is 1. The molecule has 4 rings (SSSR count). The van der Waals surface area contributed by atoms with Gasteiger partial charge in [0, 0.05) is 29.6 Å². The van der Waals surface area contributed by atoms with E-state index in [0.29, 0.717) is 17.5 Å². The molecule has 0 saturated heterocycles. The van der Waals surface area contributed by atoms with Crippen molar-refractivity contribution in [3.63, 3.8) is 0 Å². The van der Waals surface area contributed by atoms with Gasteiger partial charge in [-0.15, -0.1) is 0 Å². The van der Waals surface area contributed by atoms with Crippen LogP contribution in [0.5, 0.6) is 0 Å². The quantitative estimate of drug-likeness (QED) is 0.541. The maximum absolute atomic E-state index is 5.94. The maximum atomic E-state index is 5.94. The summed E-state index contributed by atoms with van der Waals surface area (Å²) in [5.41, 5.74) is 3.64. The first-order chi connectivity index (χ1) is 12.3. The summed E-state index contributed by atoms with van der Waals surface area (Å²) in [5.74, 6) is 0.853. The second kappa shape index (κ2) is 6.95. The number of halogens is 1. The van der Waals surface area contributed by atoms with Crippen molar-refractivity contribution in [3.05, 3.63) is 89.5 Å². The van der Waals surface area contributed by atoms with Gasteiger partial charge in [0.2, 0.25) is 0 Å². The molecule has 124 valence electrons. The molecule has 1 unspecified atom stereocenters. The van der Waals surface area contributed by atoms with Gasteiger partial charge in [-0.1, -0.05) is 60.1 Å². The third-order valence-corrected chi connectivity index (χ3v) is 4.47. The van der Waals surface area contributed by atoms with Crippen molar-refractivity contribution in [2.24, 2.45) is 0 Å². The van der Waals surface area contributed by atoms with Gasteiger partial charge in [-0.25, -0.2) is 4.98 Å². The Kier molecular flexibility index (Phi) is 4.36. The van der Waals surface area contributed by atoms with E-state index in [4.69, 9.17) is 11.6 Å². The fourth-order valence-corrected chi connectivity index (χ4v) is 3.26. The Bertz CT molecular complexity index is 981. The second-order valence-electron chi connectivity index (χ2n) is 5.86. The number of H-pyrrole nitrogens is 1.